The summed E-state index contributed by atoms with van der Waals surface area (Å²) in [5.74, 6) is -0.576. The zero-order valence-electron chi connectivity index (χ0n) is 16.7. The van der Waals surface area contributed by atoms with Gasteiger partial charge in [-0.1, -0.05) is 38.1 Å². The van der Waals surface area contributed by atoms with Gasteiger partial charge in [0.25, 0.3) is 5.91 Å². The van der Waals surface area contributed by atoms with E-state index in [0.29, 0.717) is 18.6 Å². The molecule has 3 aromatic rings. The van der Waals surface area contributed by atoms with Crippen molar-refractivity contribution in [2.45, 2.75) is 39.3 Å². The first kappa shape index (κ1) is 19.0. The van der Waals surface area contributed by atoms with E-state index in [1.165, 1.54) is 11.0 Å². The highest BCUT2D eigenvalue weighted by molar-refractivity contribution is 6.03. The van der Waals surface area contributed by atoms with Gasteiger partial charge in [0.05, 0.1) is 16.8 Å². The van der Waals surface area contributed by atoms with E-state index >= 15 is 0 Å². The Balaban J connectivity index is 1.78. The molecule has 0 saturated heterocycles. The molecule has 0 bridgehead atoms. The van der Waals surface area contributed by atoms with Gasteiger partial charge in [0, 0.05) is 24.5 Å². The number of likely N-dealkylation sites (N-methyl/N-ethyl adjacent to an activating group) is 1. The summed E-state index contributed by atoms with van der Waals surface area (Å²) < 4.78 is 0. The van der Waals surface area contributed by atoms with Crippen molar-refractivity contribution in [3.8, 4) is 5.75 Å². The Labute approximate surface area is 168 Å². The number of aromatic nitrogens is 2. The van der Waals surface area contributed by atoms with Crippen molar-refractivity contribution in [2.75, 3.05) is 6.54 Å². The number of benzene rings is 2. The first-order chi connectivity index (χ1) is 13.9. The van der Waals surface area contributed by atoms with Gasteiger partial charge >= 0.3 is 0 Å². The van der Waals surface area contributed by atoms with Crippen LogP contribution in [0.4, 0.5) is 0 Å². The second-order valence-corrected chi connectivity index (χ2v) is 7.61. The fourth-order valence-corrected chi connectivity index (χ4v) is 3.97. The van der Waals surface area contributed by atoms with Crippen LogP contribution in [0.2, 0.25) is 0 Å². The zero-order valence-corrected chi connectivity index (χ0v) is 16.7. The van der Waals surface area contributed by atoms with Crippen LogP contribution in [-0.2, 0) is 11.3 Å². The third kappa shape index (κ3) is 3.12. The number of H-pyrrole nitrogens is 1. The first-order valence-electron chi connectivity index (χ1n) is 9.79. The summed E-state index contributed by atoms with van der Waals surface area (Å²) in [5.41, 5.74) is 3.43. The maximum Gasteiger partial charge on any atom is 0.258 e. The van der Waals surface area contributed by atoms with Crippen molar-refractivity contribution >= 4 is 22.7 Å². The maximum atomic E-state index is 13.5. The summed E-state index contributed by atoms with van der Waals surface area (Å²) in [6.45, 7) is 6.68. The SMILES string of the molecule is CCNC(=O)C1c2ccccc2CN1C(=O)c1cc2c(C(C)C)n[nH]c2cc1O. The van der Waals surface area contributed by atoms with Crippen LogP contribution in [0.1, 0.15) is 59.9 Å². The zero-order chi connectivity index (χ0) is 20.7. The van der Waals surface area contributed by atoms with E-state index in [1.807, 2.05) is 45.0 Å². The largest absolute Gasteiger partial charge is 0.507 e. The highest BCUT2D eigenvalue weighted by Gasteiger charge is 2.39. The molecule has 1 aliphatic rings. The molecule has 0 saturated carbocycles. The predicted molar refractivity (Wildman–Crippen MR) is 110 cm³/mol. The van der Waals surface area contributed by atoms with Gasteiger partial charge in [-0.2, -0.15) is 5.10 Å². The number of aromatic amines is 1. The second-order valence-electron chi connectivity index (χ2n) is 7.61. The molecule has 4 rings (SSSR count). The van der Waals surface area contributed by atoms with Crippen LogP contribution in [0.15, 0.2) is 36.4 Å². The number of nitrogens with one attached hydrogen (secondary N) is 2. The Morgan fingerprint density at radius 2 is 2.07 bits per heavy atom. The smallest absolute Gasteiger partial charge is 0.258 e. The van der Waals surface area contributed by atoms with Crippen molar-refractivity contribution in [3.05, 3.63) is 58.8 Å². The molecule has 7 nitrogen and oxygen atoms in total. The number of hydrogen-bond donors (Lipinski definition) is 3. The molecule has 1 aromatic heterocycles. The highest BCUT2D eigenvalue weighted by Crippen LogP contribution is 2.37. The van der Waals surface area contributed by atoms with Gasteiger partial charge in [-0.25, -0.2) is 0 Å². The molecular weight excluding hydrogens is 368 g/mol. The van der Waals surface area contributed by atoms with Gasteiger partial charge < -0.3 is 15.3 Å². The summed E-state index contributed by atoms with van der Waals surface area (Å²) in [5, 5.41) is 21.4. The number of rotatable bonds is 4. The van der Waals surface area contributed by atoms with Gasteiger partial charge in [0.15, 0.2) is 0 Å². The molecule has 0 aliphatic carbocycles. The van der Waals surface area contributed by atoms with E-state index in [2.05, 4.69) is 15.5 Å². The van der Waals surface area contributed by atoms with E-state index in [0.717, 1.165) is 22.2 Å². The third-order valence-electron chi connectivity index (χ3n) is 5.35. The maximum absolute atomic E-state index is 13.5. The molecule has 2 aromatic carbocycles. The number of carbonyl (C=O) groups excluding carboxylic acids is 2. The van der Waals surface area contributed by atoms with E-state index in [1.54, 1.807) is 6.07 Å². The second kappa shape index (κ2) is 7.24. The van der Waals surface area contributed by atoms with Crippen molar-refractivity contribution in [3.63, 3.8) is 0 Å². The Morgan fingerprint density at radius 1 is 1.31 bits per heavy atom. The Hall–Kier alpha value is -3.35. The van der Waals surface area contributed by atoms with Crippen LogP contribution < -0.4 is 5.32 Å². The van der Waals surface area contributed by atoms with E-state index in [9.17, 15) is 14.7 Å². The standard InChI is InChI=1S/C22H24N4O3/c1-4-23-21(28)20-14-8-6-5-7-13(14)11-26(20)22(29)16-9-15-17(10-18(16)27)24-25-19(15)12(2)3/h5-10,12,20,27H,4,11H2,1-3H3,(H,23,28)(H,24,25). The number of fused-ring (bicyclic) bond motifs is 2. The summed E-state index contributed by atoms with van der Waals surface area (Å²) in [4.78, 5) is 27.7. The summed E-state index contributed by atoms with van der Waals surface area (Å²) >= 11 is 0. The number of carbonyl (C=O) groups is 2. The van der Waals surface area contributed by atoms with Crippen LogP contribution in [0.3, 0.4) is 0 Å². The van der Waals surface area contributed by atoms with Gasteiger partial charge in [0.1, 0.15) is 11.8 Å². The minimum Gasteiger partial charge on any atom is -0.507 e. The summed E-state index contributed by atoms with van der Waals surface area (Å²) in [6, 6.07) is 10.0. The number of phenols is 1. The molecule has 1 unspecified atom stereocenters. The topological polar surface area (TPSA) is 98.3 Å². The Bertz CT molecular complexity index is 1100. The molecule has 7 heteroatoms. The fourth-order valence-electron chi connectivity index (χ4n) is 3.97. The molecule has 1 atom stereocenters. The van der Waals surface area contributed by atoms with Crippen LogP contribution in [0.5, 0.6) is 5.75 Å². The molecule has 0 fully saturated rings. The Morgan fingerprint density at radius 3 is 2.79 bits per heavy atom. The lowest BCUT2D eigenvalue weighted by Gasteiger charge is -2.25. The highest BCUT2D eigenvalue weighted by atomic mass is 16.3. The van der Waals surface area contributed by atoms with E-state index in [4.69, 9.17) is 0 Å². The number of phenolic OH excluding ortho intramolecular Hbond substituents is 1. The molecular formula is C22H24N4O3. The van der Waals surface area contributed by atoms with Crippen molar-refractivity contribution in [1.82, 2.24) is 20.4 Å². The number of amides is 2. The number of aromatic hydroxyl groups is 1. The third-order valence-corrected chi connectivity index (χ3v) is 5.35. The van der Waals surface area contributed by atoms with Crippen molar-refractivity contribution in [2.24, 2.45) is 0 Å². The van der Waals surface area contributed by atoms with Gasteiger partial charge in [-0.3, -0.25) is 14.7 Å². The Kier molecular flexibility index (Phi) is 4.74. The fraction of sp³-hybridized carbons (Fsp3) is 0.318. The van der Waals surface area contributed by atoms with Crippen LogP contribution in [0, 0.1) is 0 Å². The number of hydrogen-bond acceptors (Lipinski definition) is 4. The average molecular weight is 392 g/mol. The quantitative estimate of drug-likeness (QED) is 0.635. The van der Waals surface area contributed by atoms with Crippen LogP contribution in [0.25, 0.3) is 10.9 Å². The lowest BCUT2D eigenvalue weighted by molar-refractivity contribution is -0.125. The molecule has 2 heterocycles. The lowest BCUT2D eigenvalue weighted by atomic mass is 10.0. The first-order valence-corrected chi connectivity index (χ1v) is 9.79. The van der Waals surface area contributed by atoms with Crippen molar-refractivity contribution in [1.29, 1.82) is 0 Å². The summed E-state index contributed by atoms with van der Waals surface area (Å²) in [7, 11) is 0. The molecule has 1 aliphatic heterocycles. The van der Waals surface area contributed by atoms with Crippen molar-refractivity contribution < 1.29 is 14.7 Å². The molecule has 0 radical (unpaired) electrons. The van der Waals surface area contributed by atoms with Crippen LogP contribution >= 0.6 is 0 Å². The minimum absolute atomic E-state index is 0.132. The molecule has 29 heavy (non-hydrogen) atoms. The van der Waals surface area contributed by atoms with Gasteiger partial charge in [-0.15, -0.1) is 0 Å². The minimum atomic E-state index is -0.720. The molecule has 0 spiro atoms. The summed E-state index contributed by atoms with van der Waals surface area (Å²) in [6.07, 6.45) is 0. The normalized spacial score (nSPS) is 15.7. The molecule has 150 valence electrons. The predicted octanol–water partition coefficient (Wildman–Crippen LogP) is 3.23. The monoisotopic (exact) mass is 392 g/mol. The van der Waals surface area contributed by atoms with E-state index < -0.39 is 6.04 Å². The van der Waals surface area contributed by atoms with E-state index in [-0.39, 0.29) is 29.0 Å². The lowest BCUT2D eigenvalue weighted by Crippen LogP contribution is -2.39. The average Bonchev–Trinajstić information content (AvgIpc) is 3.28. The van der Waals surface area contributed by atoms with Crippen LogP contribution in [-0.4, -0.2) is 38.6 Å². The number of nitrogens with zero attached hydrogens (tertiary/aromatic N) is 2. The van der Waals surface area contributed by atoms with Gasteiger partial charge in [-0.05, 0) is 30.0 Å². The van der Waals surface area contributed by atoms with Gasteiger partial charge in [0.2, 0.25) is 5.91 Å². The molecule has 3 N–H and O–H groups in total. The molecule has 2 amide bonds.